The van der Waals surface area contributed by atoms with Crippen molar-refractivity contribution >= 4 is 24.0 Å². The Hall–Kier alpha value is -1.26. The average molecular weight is 299 g/mol. The number of hydrogen-bond acceptors (Lipinski definition) is 3. The molecule has 0 bridgehead atoms. The zero-order chi connectivity index (χ0) is 13.5. The van der Waals surface area contributed by atoms with Gasteiger partial charge in [0.2, 0.25) is 5.91 Å². The lowest BCUT2D eigenvalue weighted by atomic mass is 10.1. The highest BCUT2D eigenvalue weighted by Gasteiger charge is 2.17. The zero-order valence-corrected chi connectivity index (χ0v) is 12.7. The molecule has 20 heavy (non-hydrogen) atoms. The van der Waals surface area contributed by atoms with Crippen LogP contribution in [0.25, 0.3) is 0 Å². The standard InChI is InChI=1S/C15H22N2O2.ClH/c1-2-10-19-14-7-5-12(6-8-14)17-15(18)11-13-4-3-9-16-13;/h5-8,13,16H,2-4,9-11H2,1H3,(H,17,18);1H. The molecule has 112 valence electrons. The van der Waals surface area contributed by atoms with E-state index in [9.17, 15) is 4.79 Å². The van der Waals surface area contributed by atoms with E-state index in [1.165, 1.54) is 6.42 Å². The smallest absolute Gasteiger partial charge is 0.225 e. The van der Waals surface area contributed by atoms with E-state index in [4.69, 9.17) is 4.74 Å². The molecule has 1 saturated heterocycles. The molecule has 0 aliphatic carbocycles. The van der Waals surface area contributed by atoms with Crippen LogP contribution in [0.15, 0.2) is 24.3 Å². The third kappa shape index (κ3) is 5.39. The minimum Gasteiger partial charge on any atom is -0.494 e. The first-order chi connectivity index (χ1) is 9.28. The molecule has 1 heterocycles. The lowest BCUT2D eigenvalue weighted by Gasteiger charge is -2.11. The number of halogens is 1. The Morgan fingerprint density at radius 3 is 2.75 bits per heavy atom. The number of ether oxygens (including phenoxy) is 1. The molecule has 1 fully saturated rings. The van der Waals surface area contributed by atoms with Gasteiger partial charge in [-0.15, -0.1) is 12.4 Å². The van der Waals surface area contributed by atoms with Crippen molar-refractivity contribution in [3.8, 4) is 5.75 Å². The maximum atomic E-state index is 11.8. The van der Waals surface area contributed by atoms with Gasteiger partial charge in [0, 0.05) is 18.2 Å². The van der Waals surface area contributed by atoms with Crippen molar-refractivity contribution in [1.82, 2.24) is 5.32 Å². The number of carbonyl (C=O) groups is 1. The maximum Gasteiger partial charge on any atom is 0.225 e. The van der Waals surface area contributed by atoms with Gasteiger partial charge in [0.05, 0.1) is 6.61 Å². The van der Waals surface area contributed by atoms with Gasteiger partial charge in [-0.2, -0.15) is 0 Å². The van der Waals surface area contributed by atoms with Gasteiger partial charge in [-0.05, 0) is 50.1 Å². The minimum absolute atomic E-state index is 0. The molecule has 0 saturated carbocycles. The first-order valence-electron chi connectivity index (χ1n) is 7.04. The van der Waals surface area contributed by atoms with E-state index in [1.807, 2.05) is 24.3 Å². The normalized spacial score (nSPS) is 17.4. The lowest BCUT2D eigenvalue weighted by Crippen LogP contribution is -2.27. The van der Waals surface area contributed by atoms with Crippen LogP contribution in [-0.2, 0) is 4.79 Å². The van der Waals surface area contributed by atoms with Crippen LogP contribution in [0.2, 0.25) is 0 Å². The van der Waals surface area contributed by atoms with Crippen LogP contribution in [0.4, 0.5) is 5.69 Å². The highest BCUT2D eigenvalue weighted by Crippen LogP contribution is 2.17. The number of anilines is 1. The van der Waals surface area contributed by atoms with Gasteiger partial charge in [0.25, 0.3) is 0 Å². The highest BCUT2D eigenvalue weighted by atomic mass is 35.5. The quantitative estimate of drug-likeness (QED) is 0.849. The van der Waals surface area contributed by atoms with Crippen molar-refractivity contribution in [3.63, 3.8) is 0 Å². The van der Waals surface area contributed by atoms with Crippen molar-refractivity contribution in [2.75, 3.05) is 18.5 Å². The fourth-order valence-corrected chi connectivity index (χ4v) is 2.22. The van der Waals surface area contributed by atoms with Crippen molar-refractivity contribution in [2.24, 2.45) is 0 Å². The third-order valence-corrected chi connectivity index (χ3v) is 3.21. The summed E-state index contributed by atoms with van der Waals surface area (Å²) in [5.41, 5.74) is 0.826. The zero-order valence-electron chi connectivity index (χ0n) is 11.9. The van der Waals surface area contributed by atoms with Gasteiger partial charge < -0.3 is 15.4 Å². The summed E-state index contributed by atoms with van der Waals surface area (Å²) >= 11 is 0. The van der Waals surface area contributed by atoms with Gasteiger partial charge in [-0.25, -0.2) is 0 Å². The summed E-state index contributed by atoms with van der Waals surface area (Å²) < 4.78 is 5.50. The third-order valence-electron chi connectivity index (χ3n) is 3.21. The van der Waals surface area contributed by atoms with Crippen LogP contribution in [0.1, 0.15) is 32.6 Å². The predicted octanol–water partition coefficient (Wildman–Crippen LogP) is 2.98. The maximum absolute atomic E-state index is 11.8. The average Bonchev–Trinajstić information content (AvgIpc) is 2.90. The Balaban J connectivity index is 0.00000200. The Kier molecular flexibility index (Phi) is 7.41. The topological polar surface area (TPSA) is 50.4 Å². The molecule has 1 aromatic rings. The van der Waals surface area contributed by atoms with E-state index in [-0.39, 0.29) is 18.3 Å². The number of rotatable bonds is 6. The van der Waals surface area contributed by atoms with Gasteiger partial charge >= 0.3 is 0 Å². The molecular weight excluding hydrogens is 276 g/mol. The fourth-order valence-electron chi connectivity index (χ4n) is 2.22. The summed E-state index contributed by atoms with van der Waals surface area (Å²) in [7, 11) is 0. The number of carbonyl (C=O) groups excluding carboxylic acids is 1. The first kappa shape index (κ1) is 16.8. The Morgan fingerprint density at radius 2 is 2.15 bits per heavy atom. The molecule has 1 aromatic carbocycles. The second kappa shape index (κ2) is 8.82. The monoisotopic (exact) mass is 298 g/mol. The summed E-state index contributed by atoms with van der Waals surface area (Å²) in [6.07, 6.45) is 3.81. The highest BCUT2D eigenvalue weighted by molar-refractivity contribution is 5.91. The second-order valence-electron chi connectivity index (χ2n) is 4.92. The number of hydrogen-bond donors (Lipinski definition) is 2. The van der Waals surface area contributed by atoms with Gasteiger partial charge in [-0.1, -0.05) is 6.92 Å². The van der Waals surface area contributed by atoms with E-state index in [0.29, 0.717) is 12.5 Å². The summed E-state index contributed by atoms with van der Waals surface area (Å²) in [5, 5.41) is 6.24. The molecule has 1 amide bonds. The molecule has 1 atom stereocenters. The molecule has 1 unspecified atom stereocenters. The molecule has 2 rings (SSSR count). The molecule has 5 heteroatoms. The molecule has 0 radical (unpaired) electrons. The van der Waals surface area contributed by atoms with E-state index in [1.54, 1.807) is 0 Å². The fraction of sp³-hybridized carbons (Fsp3) is 0.533. The minimum atomic E-state index is 0. The largest absolute Gasteiger partial charge is 0.494 e. The summed E-state index contributed by atoms with van der Waals surface area (Å²) in [4.78, 5) is 11.8. The number of amides is 1. The van der Waals surface area contributed by atoms with Crippen LogP contribution in [-0.4, -0.2) is 25.1 Å². The summed E-state index contributed by atoms with van der Waals surface area (Å²) in [6.45, 7) is 3.83. The number of nitrogens with one attached hydrogen (secondary N) is 2. The Bertz CT molecular complexity index is 403. The molecule has 4 nitrogen and oxygen atoms in total. The second-order valence-corrected chi connectivity index (χ2v) is 4.92. The molecular formula is C15H23ClN2O2. The van der Waals surface area contributed by atoms with Crippen molar-refractivity contribution in [3.05, 3.63) is 24.3 Å². The summed E-state index contributed by atoms with van der Waals surface area (Å²) in [6, 6.07) is 7.88. The molecule has 0 aromatic heterocycles. The summed E-state index contributed by atoms with van der Waals surface area (Å²) in [5.74, 6) is 0.916. The molecule has 0 spiro atoms. The van der Waals surface area contributed by atoms with E-state index in [2.05, 4.69) is 17.6 Å². The van der Waals surface area contributed by atoms with Gasteiger partial charge in [0.1, 0.15) is 5.75 Å². The SMILES string of the molecule is CCCOc1ccc(NC(=O)CC2CCCN2)cc1.Cl. The number of benzene rings is 1. The van der Waals surface area contributed by atoms with E-state index >= 15 is 0 Å². The predicted molar refractivity (Wildman–Crippen MR) is 83.7 cm³/mol. The van der Waals surface area contributed by atoms with Crippen LogP contribution < -0.4 is 15.4 Å². The van der Waals surface area contributed by atoms with E-state index < -0.39 is 0 Å². The molecule has 1 aliphatic heterocycles. The van der Waals surface area contributed by atoms with Crippen molar-refractivity contribution < 1.29 is 9.53 Å². The van der Waals surface area contributed by atoms with Gasteiger partial charge in [0.15, 0.2) is 0 Å². The van der Waals surface area contributed by atoms with Crippen molar-refractivity contribution in [1.29, 1.82) is 0 Å². The lowest BCUT2D eigenvalue weighted by molar-refractivity contribution is -0.116. The Morgan fingerprint density at radius 1 is 1.40 bits per heavy atom. The van der Waals surface area contributed by atoms with E-state index in [0.717, 1.165) is 37.4 Å². The van der Waals surface area contributed by atoms with Crippen LogP contribution in [0.5, 0.6) is 5.75 Å². The van der Waals surface area contributed by atoms with Crippen LogP contribution >= 0.6 is 12.4 Å². The van der Waals surface area contributed by atoms with Crippen LogP contribution in [0, 0.1) is 0 Å². The van der Waals surface area contributed by atoms with Crippen molar-refractivity contribution in [2.45, 2.75) is 38.6 Å². The van der Waals surface area contributed by atoms with Gasteiger partial charge in [-0.3, -0.25) is 4.79 Å². The first-order valence-corrected chi connectivity index (χ1v) is 7.04. The molecule has 1 aliphatic rings. The molecule has 2 N–H and O–H groups in total. The van der Waals surface area contributed by atoms with Crippen LogP contribution in [0.3, 0.4) is 0 Å². The Labute approximate surface area is 126 Å².